The molecule has 0 radical (unpaired) electrons. The highest BCUT2D eigenvalue weighted by molar-refractivity contribution is 9.10. The lowest BCUT2D eigenvalue weighted by molar-refractivity contribution is 1.08. The standard InChI is InChI=1S/C14H12BrN/c15-14-8-4-7-13(9-14)11-16-10-12-5-2-1-3-6-12/h1-9,11H,10H2. The molecular formula is C14H12BrN. The van der Waals surface area contributed by atoms with Gasteiger partial charge in [0.15, 0.2) is 0 Å². The van der Waals surface area contributed by atoms with Crippen LogP contribution in [-0.4, -0.2) is 6.21 Å². The van der Waals surface area contributed by atoms with E-state index in [-0.39, 0.29) is 0 Å². The molecule has 2 heteroatoms. The lowest BCUT2D eigenvalue weighted by atomic mass is 10.2. The van der Waals surface area contributed by atoms with Crippen molar-refractivity contribution < 1.29 is 0 Å². The Morgan fingerprint density at radius 1 is 1.00 bits per heavy atom. The van der Waals surface area contributed by atoms with Crippen LogP contribution < -0.4 is 0 Å². The van der Waals surface area contributed by atoms with Crippen LogP contribution in [0.25, 0.3) is 0 Å². The number of rotatable bonds is 3. The van der Waals surface area contributed by atoms with Gasteiger partial charge >= 0.3 is 0 Å². The summed E-state index contributed by atoms with van der Waals surface area (Å²) in [5, 5.41) is 0. The Kier molecular flexibility index (Phi) is 3.89. The molecule has 2 aromatic carbocycles. The van der Waals surface area contributed by atoms with Crippen LogP contribution in [0, 0.1) is 0 Å². The van der Waals surface area contributed by atoms with Gasteiger partial charge in [-0.15, -0.1) is 0 Å². The highest BCUT2D eigenvalue weighted by Gasteiger charge is 1.90. The number of aliphatic imine (C=N–C) groups is 1. The van der Waals surface area contributed by atoms with E-state index in [1.54, 1.807) is 0 Å². The number of hydrogen-bond donors (Lipinski definition) is 0. The normalized spacial score (nSPS) is 10.8. The molecule has 0 N–H and O–H groups in total. The van der Waals surface area contributed by atoms with Gasteiger partial charge in [0.2, 0.25) is 0 Å². The molecule has 0 aromatic heterocycles. The van der Waals surface area contributed by atoms with E-state index in [0.29, 0.717) is 0 Å². The predicted molar refractivity (Wildman–Crippen MR) is 71.9 cm³/mol. The van der Waals surface area contributed by atoms with Crippen LogP contribution in [0.15, 0.2) is 64.1 Å². The second-order valence-corrected chi connectivity index (χ2v) is 4.43. The third kappa shape index (κ3) is 3.31. The zero-order valence-electron chi connectivity index (χ0n) is 8.81. The lowest BCUT2D eigenvalue weighted by Crippen LogP contribution is -1.84. The first-order valence-corrected chi connectivity index (χ1v) is 5.93. The summed E-state index contributed by atoms with van der Waals surface area (Å²) in [5.41, 5.74) is 2.35. The minimum absolute atomic E-state index is 0.730. The number of nitrogens with zero attached hydrogens (tertiary/aromatic N) is 1. The highest BCUT2D eigenvalue weighted by Crippen LogP contribution is 2.10. The van der Waals surface area contributed by atoms with Crippen LogP contribution in [0.5, 0.6) is 0 Å². The van der Waals surface area contributed by atoms with Crippen LogP contribution in [0.1, 0.15) is 11.1 Å². The van der Waals surface area contributed by atoms with Gasteiger partial charge in [0.1, 0.15) is 0 Å². The van der Waals surface area contributed by atoms with Crippen molar-refractivity contribution in [1.29, 1.82) is 0 Å². The van der Waals surface area contributed by atoms with Crippen molar-refractivity contribution in [3.05, 3.63) is 70.2 Å². The molecule has 0 saturated heterocycles. The monoisotopic (exact) mass is 273 g/mol. The lowest BCUT2D eigenvalue weighted by Gasteiger charge is -1.96. The molecule has 2 aromatic rings. The van der Waals surface area contributed by atoms with Crippen molar-refractivity contribution in [2.45, 2.75) is 6.54 Å². The molecule has 80 valence electrons. The molecule has 16 heavy (non-hydrogen) atoms. The van der Waals surface area contributed by atoms with Crippen molar-refractivity contribution in [3.63, 3.8) is 0 Å². The third-order valence-corrected chi connectivity index (χ3v) is 2.70. The molecule has 0 atom stereocenters. The average Bonchev–Trinajstić information content (AvgIpc) is 2.30. The Morgan fingerprint density at radius 2 is 1.81 bits per heavy atom. The Bertz CT molecular complexity index is 477. The number of hydrogen-bond acceptors (Lipinski definition) is 1. The van der Waals surface area contributed by atoms with Gasteiger partial charge in [0.25, 0.3) is 0 Å². The first-order chi connectivity index (χ1) is 7.84. The van der Waals surface area contributed by atoms with Crippen molar-refractivity contribution in [2.24, 2.45) is 4.99 Å². The molecule has 0 aliphatic carbocycles. The maximum Gasteiger partial charge on any atom is 0.0639 e. The summed E-state index contributed by atoms with van der Waals surface area (Å²) < 4.78 is 1.08. The number of halogens is 1. The van der Waals surface area contributed by atoms with Gasteiger partial charge in [0, 0.05) is 10.7 Å². The fourth-order valence-corrected chi connectivity index (χ4v) is 1.84. The third-order valence-electron chi connectivity index (χ3n) is 2.21. The molecule has 0 aliphatic heterocycles. The Morgan fingerprint density at radius 3 is 2.56 bits per heavy atom. The van der Waals surface area contributed by atoms with E-state index in [2.05, 4.69) is 39.1 Å². The summed E-state index contributed by atoms with van der Waals surface area (Å²) in [6, 6.07) is 18.3. The molecule has 0 bridgehead atoms. The molecule has 0 unspecified atom stereocenters. The summed E-state index contributed by atoms with van der Waals surface area (Å²) in [5.74, 6) is 0. The van der Waals surface area contributed by atoms with Crippen LogP contribution in [0.2, 0.25) is 0 Å². The van der Waals surface area contributed by atoms with E-state index in [0.717, 1.165) is 16.6 Å². The van der Waals surface area contributed by atoms with Crippen LogP contribution in [0.4, 0.5) is 0 Å². The molecule has 2 rings (SSSR count). The van der Waals surface area contributed by atoms with Crippen molar-refractivity contribution in [2.75, 3.05) is 0 Å². The van der Waals surface area contributed by atoms with Crippen molar-refractivity contribution in [3.8, 4) is 0 Å². The summed E-state index contributed by atoms with van der Waals surface area (Å²) in [6.07, 6.45) is 1.90. The molecule has 0 fully saturated rings. The van der Waals surface area contributed by atoms with Crippen LogP contribution in [-0.2, 0) is 6.54 Å². The van der Waals surface area contributed by atoms with E-state index in [4.69, 9.17) is 0 Å². The second-order valence-electron chi connectivity index (χ2n) is 3.51. The molecule has 0 spiro atoms. The molecule has 1 nitrogen and oxygen atoms in total. The van der Waals surface area contributed by atoms with Gasteiger partial charge < -0.3 is 0 Å². The first kappa shape index (κ1) is 11.1. The first-order valence-electron chi connectivity index (χ1n) is 5.14. The molecule has 0 saturated carbocycles. The predicted octanol–water partition coefficient (Wildman–Crippen LogP) is 4.07. The molecule has 0 aliphatic rings. The van der Waals surface area contributed by atoms with Gasteiger partial charge in [-0.3, -0.25) is 4.99 Å². The van der Waals surface area contributed by atoms with Crippen LogP contribution >= 0.6 is 15.9 Å². The van der Waals surface area contributed by atoms with Gasteiger partial charge in [-0.05, 0) is 23.3 Å². The second kappa shape index (κ2) is 5.61. The fraction of sp³-hybridized carbons (Fsp3) is 0.0714. The average molecular weight is 274 g/mol. The van der Waals surface area contributed by atoms with Crippen molar-refractivity contribution >= 4 is 22.1 Å². The summed E-state index contributed by atoms with van der Waals surface area (Å²) >= 11 is 3.44. The highest BCUT2D eigenvalue weighted by atomic mass is 79.9. The van der Waals surface area contributed by atoms with E-state index in [1.165, 1.54) is 5.56 Å². The van der Waals surface area contributed by atoms with Crippen LogP contribution in [0.3, 0.4) is 0 Å². The van der Waals surface area contributed by atoms with Gasteiger partial charge in [-0.1, -0.05) is 58.4 Å². The zero-order chi connectivity index (χ0) is 11.2. The Labute approximate surface area is 104 Å². The maximum atomic E-state index is 4.41. The van der Waals surface area contributed by atoms with E-state index in [1.807, 2.05) is 42.6 Å². The molecule has 0 amide bonds. The minimum Gasteiger partial charge on any atom is -0.288 e. The Hall–Kier alpha value is -1.41. The Balaban J connectivity index is 2.00. The van der Waals surface area contributed by atoms with E-state index < -0.39 is 0 Å². The van der Waals surface area contributed by atoms with E-state index >= 15 is 0 Å². The summed E-state index contributed by atoms with van der Waals surface area (Å²) in [4.78, 5) is 4.41. The van der Waals surface area contributed by atoms with Gasteiger partial charge in [-0.2, -0.15) is 0 Å². The SMILES string of the molecule is Brc1cccc(C=NCc2ccccc2)c1. The van der Waals surface area contributed by atoms with E-state index in [9.17, 15) is 0 Å². The van der Waals surface area contributed by atoms with Crippen molar-refractivity contribution in [1.82, 2.24) is 0 Å². The topological polar surface area (TPSA) is 12.4 Å². The smallest absolute Gasteiger partial charge is 0.0639 e. The quantitative estimate of drug-likeness (QED) is 0.748. The molecule has 0 heterocycles. The zero-order valence-corrected chi connectivity index (χ0v) is 10.4. The maximum absolute atomic E-state index is 4.41. The van der Waals surface area contributed by atoms with Gasteiger partial charge in [0.05, 0.1) is 6.54 Å². The largest absolute Gasteiger partial charge is 0.288 e. The summed E-state index contributed by atoms with van der Waals surface area (Å²) in [7, 11) is 0. The number of benzene rings is 2. The summed E-state index contributed by atoms with van der Waals surface area (Å²) in [6.45, 7) is 0.730. The molecular weight excluding hydrogens is 262 g/mol. The van der Waals surface area contributed by atoms with Gasteiger partial charge in [-0.25, -0.2) is 0 Å². The minimum atomic E-state index is 0.730. The fourth-order valence-electron chi connectivity index (χ4n) is 1.43.